The quantitative estimate of drug-likeness (QED) is 0.242. The summed E-state index contributed by atoms with van der Waals surface area (Å²) in [6.07, 6.45) is 3.25. The van der Waals surface area contributed by atoms with E-state index in [-0.39, 0.29) is 5.63 Å². The third-order valence-corrected chi connectivity index (χ3v) is 4.33. The van der Waals surface area contributed by atoms with E-state index in [0.717, 1.165) is 35.1 Å². The van der Waals surface area contributed by atoms with Crippen LogP contribution in [0.15, 0.2) is 82.7 Å². The lowest BCUT2D eigenvalue weighted by molar-refractivity contribution is 0.222. The molecule has 0 saturated heterocycles. The number of hydrogen-bond donors (Lipinski definition) is 0. The van der Waals surface area contributed by atoms with Crippen molar-refractivity contribution in [1.82, 2.24) is 0 Å². The molecular weight excluding hydrogens is 340 g/mol. The molecule has 1 heterocycles. The Bertz CT molecular complexity index is 1010. The van der Waals surface area contributed by atoms with Crippen molar-refractivity contribution in [2.24, 2.45) is 0 Å². The van der Waals surface area contributed by atoms with Gasteiger partial charge in [-0.05, 0) is 54.3 Å². The Morgan fingerprint density at radius 2 is 1.93 bits per heavy atom. The van der Waals surface area contributed by atoms with Gasteiger partial charge in [0.15, 0.2) is 0 Å². The van der Waals surface area contributed by atoms with E-state index < -0.39 is 0 Å². The first-order valence-corrected chi connectivity index (χ1v) is 8.76. The normalized spacial score (nSPS) is 10.6. The Morgan fingerprint density at radius 1 is 1.15 bits per heavy atom. The number of methoxy groups -OCH3 is 1. The van der Waals surface area contributed by atoms with Crippen LogP contribution in [0.25, 0.3) is 22.1 Å². The Morgan fingerprint density at radius 3 is 2.63 bits per heavy atom. The fourth-order valence-corrected chi connectivity index (χ4v) is 2.82. The van der Waals surface area contributed by atoms with Gasteiger partial charge in [-0.25, -0.2) is 4.79 Å². The Balaban J connectivity index is 1.79. The summed E-state index contributed by atoms with van der Waals surface area (Å²) in [4.78, 5) is 12.4. The van der Waals surface area contributed by atoms with E-state index >= 15 is 0 Å². The van der Waals surface area contributed by atoms with Gasteiger partial charge in [0.1, 0.15) is 17.1 Å². The second-order valence-electron chi connectivity index (χ2n) is 6.17. The average Bonchev–Trinajstić information content (AvgIpc) is 2.70. The molecule has 0 saturated carbocycles. The third-order valence-electron chi connectivity index (χ3n) is 4.33. The van der Waals surface area contributed by atoms with Crippen LogP contribution in [0.1, 0.15) is 12.0 Å². The monoisotopic (exact) mass is 362 g/mol. The minimum Gasteiger partial charge on any atom is -0.497 e. The molecule has 0 aliphatic heterocycles. The second kappa shape index (κ2) is 8.41. The summed E-state index contributed by atoms with van der Waals surface area (Å²) in [6, 6.07) is 15.1. The molecule has 0 radical (unpaired) electrons. The zero-order valence-corrected chi connectivity index (χ0v) is 15.4. The van der Waals surface area contributed by atoms with Gasteiger partial charge in [-0.2, -0.15) is 0 Å². The van der Waals surface area contributed by atoms with Gasteiger partial charge in [0.05, 0.1) is 19.3 Å². The number of allylic oxidation sites excluding steroid dienone is 1. The molecule has 3 aromatic rings. The number of aryl methyl sites for hydroxylation is 1. The minimum absolute atomic E-state index is 0.351. The fraction of sp³-hybridized carbons (Fsp3) is 0.174. The van der Waals surface area contributed by atoms with Crippen LogP contribution < -0.4 is 10.4 Å². The molecule has 0 N–H and O–H groups in total. The molecule has 0 fully saturated rings. The molecule has 1 aromatic heterocycles. The van der Waals surface area contributed by atoms with Crippen LogP contribution in [0.4, 0.5) is 0 Å². The van der Waals surface area contributed by atoms with Crippen molar-refractivity contribution in [2.45, 2.75) is 12.8 Å². The van der Waals surface area contributed by atoms with Crippen LogP contribution in [-0.4, -0.2) is 13.7 Å². The zero-order chi connectivity index (χ0) is 19.2. The van der Waals surface area contributed by atoms with Gasteiger partial charge in [-0.15, -0.1) is 0 Å². The molecule has 3 rings (SSSR count). The van der Waals surface area contributed by atoms with Crippen LogP contribution in [0.3, 0.4) is 0 Å². The first kappa shape index (κ1) is 18.5. The maximum Gasteiger partial charge on any atom is 0.344 e. The molecular formula is C23H22O4. The zero-order valence-electron chi connectivity index (χ0n) is 15.4. The van der Waals surface area contributed by atoms with Gasteiger partial charge >= 0.3 is 5.63 Å². The lowest BCUT2D eigenvalue weighted by atomic mass is 10.0. The van der Waals surface area contributed by atoms with Gasteiger partial charge in [0.2, 0.25) is 0 Å². The lowest BCUT2D eigenvalue weighted by Crippen LogP contribution is -2.03. The smallest absolute Gasteiger partial charge is 0.344 e. The minimum atomic E-state index is -0.351. The van der Waals surface area contributed by atoms with E-state index in [4.69, 9.17) is 13.9 Å². The third kappa shape index (κ3) is 4.47. The van der Waals surface area contributed by atoms with Gasteiger partial charge in [-0.1, -0.05) is 37.4 Å². The van der Waals surface area contributed by atoms with E-state index in [0.29, 0.717) is 23.5 Å². The Kier molecular flexibility index (Phi) is 5.77. The van der Waals surface area contributed by atoms with Crippen molar-refractivity contribution in [2.75, 3.05) is 13.7 Å². The highest BCUT2D eigenvalue weighted by atomic mass is 16.5. The number of rotatable bonds is 8. The highest BCUT2D eigenvalue weighted by Crippen LogP contribution is 2.24. The first-order chi connectivity index (χ1) is 13.1. The molecule has 0 spiro atoms. The number of ether oxygens (including phenoxy) is 2. The number of benzene rings is 2. The molecule has 0 unspecified atom stereocenters. The summed E-state index contributed by atoms with van der Waals surface area (Å²) >= 11 is 0. The van der Waals surface area contributed by atoms with Crippen LogP contribution in [0, 0.1) is 0 Å². The molecule has 4 heteroatoms. The maximum absolute atomic E-state index is 12.4. The Hall–Kier alpha value is -3.27. The van der Waals surface area contributed by atoms with Crippen LogP contribution in [-0.2, 0) is 11.2 Å². The summed E-state index contributed by atoms with van der Waals surface area (Å²) in [6.45, 7) is 7.89. The average molecular weight is 362 g/mol. The molecule has 0 bridgehead atoms. The van der Waals surface area contributed by atoms with Gasteiger partial charge in [-0.3, -0.25) is 0 Å². The molecule has 2 aromatic carbocycles. The van der Waals surface area contributed by atoms with Crippen molar-refractivity contribution in [1.29, 1.82) is 0 Å². The van der Waals surface area contributed by atoms with Crippen LogP contribution in [0.2, 0.25) is 0 Å². The van der Waals surface area contributed by atoms with E-state index in [1.54, 1.807) is 13.2 Å². The molecule has 4 nitrogen and oxygen atoms in total. The first-order valence-electron chi connectivity index (χ1n) is 8.76. The molecule has 0 amide bonds. The maximum atomic E-state index is 12.4. The molecule has 0 aliphatic carbocycles. The van der Waals surface area contributed by atoms with E-state index in [2.05, 4.69) is 13.2 Å². The molecule has 0 atom stereocenters. The second-order valence-corrected chi connectivity index (χ2v) is 6.17. The molecule has 27 heavy (non-hydrogen) atoms. The Labute approximate surface area is 158 Å². The number of fused-ring (bicyclic) bond motifs is 1. The lowest BCUT2D eigenvalue weighted by Gasteiger charge is -2.07. The topological polar surface area (TPSA) is 48.7 Å². The summed E-state index contributed by atoms with van der Waals surface area (Å²) in [5.74, 6) is 1.32. The van der Waals surface area contributed by atoms with E-state index in [1.165, 1.54) is 0 Å². The highest BCUT2D eigenvalue weighted by molar-refractivity contribution is 5.82. The van der Waals surface area contributed by atoms with Crippen molar-refractivity contribution >= 4 is 11.0 Å². The van der Waals surface area contributed by atoms with E-state index in [1.807, 2.05) is 48.5 Å². The van der Waals surface area contributed by atoms with Crippen molar-refractivity contribution in [3.05, 3.63) is 89.5 Å². The summed E-state index contributed by atoms with van der Waals surface area (Å²) < 4.78 is 16.1. The van der Waals surface area contributed by atoms with Crippen LogP contribution >= 0.6 is 0 Å². The van der Waals surface area contributed by atoms with Gasteiger partial charge in [0.25, 0.3) is 0 Å². The van der Waals surface area contributed by atoms with Gasteiger partial charge in [0, 0.05) is 5.39 Å². The highest BCUT2D eigenvalue weighted by Gasteiger charge is 2.09. The molecule has 0 aliphatic rings. The predicted octanol–water partition coefficient (Wildman–Crippen LogP) is 5.12. The fourth-order valence-electron chi connectivity index (χ4n) is 2.82. The van der Waals surface area contributed by atoms with Gasteiger partial charge < -0.3 is 13.9 Å². The predicted molar refractivity (Wildman–Crippen MR) is 108 cm³/mol. The SMILES string of the molecule is C=CC(=C)OCCCc1ccc2cc(-c3ccc(OC)cc3)c(=O)oc2c1. The van der Waals surface area contributed by atoms with Crippen molar-refractivity contribution < 1.29 is 13.9 Å². The van der Waals surface area contributed by atoms with Crippen molar-refractivity contribution in [3.8, 4) is 16.9 Å². The number of hydrogen-bond acceptors (Lipinski definition) is 4. The summed E-state index contributed by atoms with van der Waals surface area (Å²) in [5, 5.41) is 0.889. The van der Waals surface area contributed by atoms with E-state index in [9.17, 15) is 4.79 Å². The standard InChI is InChI=1S/C23H22O4/c1-4-16(2)26-13-5-6-17-7-8-19-15-21(23(24)27-22(19)14-17)18-9-11-20(25-3)12-10-18/h4,7-12,14-15H,1-2,5-6,13H2,3H3. The molecule has 138 valence electrons. The summed E-state index contributed by atoms with van der Waals surface area (Å²) in [7, 11) is 1.61. The van der Waals surface area contributed by atoms with Crippen molar-refractivity contribution in [3.63, 3.8) is 0 Å². The largest absolute Gasteiger partial charge is 0.497 e. The van der Waals surface area contributed by atoms with Crippen LogP contribution in [0.5, 0.6) is 5.75 Å². The summed E-state index contributed by atoms with van der Waals surface area (Å²) in [5.41, 5.74) is 2.67.